The number of carbonyl (C=O) groups excluding carboxylic acids is 1. The predicted octanol–water partition coefficient (Wildman–Crippen LogP) is 2.51. The van der Waals surface area contributed by atoms with Gasteiger partial charge in [0.25, 0.3) is 5.91 Å². The summed E-state index contributed by atoms with van der Waals surface area (Å²) in [5.74, 6) is 0.546. The van der Waals surface area contributed by atoms with E-state index in [1.54, 1.807) is 24.5 Å². The third-order valence-electron chi connectivity index (χ3n) is 5.92. The van der Waals surface area contributed by atoms with Gasteiger partial charge in [0.2, 0.25) is 0 Å². The number of pyridine rings is 1. The molecule has 2 aliphatic heterocycles. The number of hydrogen-bond acceptors (Lipinski definition) is 7. The van der Waals surface area contributed by atoms with E-state index in [2.05, 4.69) is 32.1 Å². The molecule has 170 valence electrons. The number of aromatic nitrogens is 3. The molecule has 5 heterocycles. The molecule has 1 fully saturated rings. The largest absolute Gasteiger partial charge is 0.451 e. The predicted molar refractivity (Wildman–Crippen MR) is 127 cm³/mol. The summed E-state index contributed by atoms with van der Waals surface area (Å²) >= 11 is 0. The van der Waals surface area contributed by atoms with Crippen LogP contribution >= 0.6 is 0 Å². The molecule has 5 rings (SSSR count). The molecule has 1 N–H and O–H groups in total. The molecule has 0 bridgehead atoms. The Morgan fingerprint density at radius 3 is 2.76 bits per heavy atom. The number of piperazine rings is 1. The minimum absolute atomic E-state index is 0.239. The SMILES string of the molecule is CN1CCN(CCn2cc(NC(=O)c3ccc(C4=CCN=C4)o3)c(-c3ccccn3)n2)CC1. The molecule has 0 radical (unpaired) electrons. The zero-order valence-electron chi connectivity index (χ0n) is 18.6. The number of carbonyl (C=O) groups is 1. The van der Waals surface area contributed by atoms with Gasteiger partial charge < -0.3 is 14.6 Å². The first kappa shape index (κ1) is 21.3. The molecule has 0 spiro atoms. The van der Waals surface area contributed by atoms with Gasteiger partial charge in [-0.1, -0.05) is 12.1 Å². The Balaban J connectivity index is 1.33. The Morgan fingerprint density at radius 2 is 2.00 bits per heavy atom. The number of anilines is 1. The highest BCUT2D eigenvalue weighted by atomic mass is 16.4. The fourth-order valence-corrected chi connectivity index (χ4v) is 3.95. The number of nitrogens with zero attached hydrogens (tertiary/aromatic N) is 6. The molecule has 3 aromatic heterocycles. The number of hydrogen-bond donors (Lipinski definition) is 1. The topological polar surface area (TPSA) is 91.8 Å². The highest BCUT2D eigenvalue weighted by molar-refractivity contribution is 6.11. The van der Waals surface area contributed by atoms with Gasteiger partial charge in [0, 0.05) is 56.9 Å². The molecular weight excluding hydrogens is 418 g/mol. The van der Waals surface area contributed by atoms with Crippen molar-refractivity contribution in [1.82, 2.24) is 24.6 Å². The quantitative estimate of drug-likeness (QED) is 0.601. The number of likely N-dealkylation sites (N-methyl/N-ethyl adjacent to an activating group) is 1. The molecule has 1 saturated heterocycles. The zero-order valence-corrected chi connectivity index (χ0v) is 18.6. The van der Waals surface area contributed by atoms with E-state index in [1.807, 2.05) is 35.2 Å². The van der Waals surface area contributed by atoms with E-state index in [1.165, 1.54) is 0 Å². The van der Waals surface area contributed by atoms with Crippen LogP contribution in [0.2, 0.25) is 0 Å². The van der Waals surface area contributed by atoms with Crippen LogP contribution in [0, 0.1) is 0 Å². The van der Waals surface area contributed by atoms with Crippen LogP contribution in [0.4, 0.5) is 5.69 Å². The number of aliphatic imine (C=N–C) groups is 1. The molecule has 0 saturated carbocycles. The molecule has 9 heteroatoms. The van der Waals surface area contributed by atoms with Gasteiger partial charge in [-0.05, 0) is 31.3 Å². The van der Waals surface area contributed by atoms with Crippen LogP contribution in [0.25, 0.3) is 17.0 Å². The molecule has 1 amide bonds. The van der Waals surface area contributed by atoms with E-state index in [9.17, 15) is 4.79 Å². The monoisotopic (exact) mass is 445 g/mol. The lowest BCUT2D eigenvalue weighted by Gasteiger charge is -2.32. The molecule has 33 heavy (non-hydrogen) atoms. The Hall–Kier alpha value is -3.56. The first-order chi connectivity index (χ1) is 16.2. The Bertz CT molecular complexity index is 1170. The second kappa shape index (κ2) is 9.51. The van der Waals surface area contributed by atoms with Crippen molar-refractivity contribution >= 4 is 23.4 Å². The van der Waals surface area contributed by atoms with Gasteiger partial charge in [-0.25, -0.2) is 0 Å². The van der Waals surface area contributed by atoms with Crippen molar-refractivity contribution in [1.29, 1.82) is 0 Å². The Labute approximate surface area is 192 Å². The van der Waals surface area contributed by atoms with E-state index < -0.39 is 0 Å². The zero-order chi connectivity index (χ0) is 22.6. The number of rotatable bonds is 7. The maximum atomic E-state index is 12.9. The number of amides is 1. The minimum atomic E-state index is -0.326. The van der Waals surface area contributed by atoms with Crippen LogP contribution in [0.3, 0.4) is 0 Å². The summed E-state index contributed by atoms with van der Waals surface area (Å²) in [6.07, 6.45) is 7.31. The van der Waals surface area contributed by atoms with Crippen LogP contribution in [0.5, 0.6) is 0 Å². The summed E-state index contributed by atoms with van der Waals surface area (Å²) in [5, 5.41) is 7.70. The van der Waals surface area contributed by atoms with Crippen molar-refractivity contribution in [3.8, 4) is 11.4 Å². The smallest absolute Gasteiger partial charge is 0.291 e. The van der Waals surface area contributed by atoms with Crippen LogP contribution in [0.1, 0.15) is 16.3 Å². The maximum absolute atomic E-state index is 12.9. The van der Waals surface area contributed by atoms with Crippen molar-refractivity contribution in [3.63, 3.8) is 0 Å². The van der Waals surface area contributed by atoms with Crippen molar-refractivity contribution < 1.29 is 9.21 Å². The summed E-state index contributed by atoms with van der Waals surface area (Å²) < 4.78 is 7.64. The summed E-state index contributed by atoms with van der Waals surface area (Å²) in [5.41, 5.74) is 2.84. The molecule has 0 atom stereocenters. The van der Waals surface area contributed by atoms with Crippen molar-refractivity contribution in [2.24, 2.45) is 4.99 Å². The molecule has 0 aromatic carbocycles. The molecule has 2 aliphatic rings. The van der Waals surface area contributed by atoms with Gasteiger partial charge in [0.1, 0.15) is 11.5 Å². The first-order valence-electron chi connectivity index (χ1n) is 11.2. The number of furan rings is 1. The van der Waals surface area contributed by atoms with Crippen molar-refractivity contribution in [2.45, 2.75) is 6.54 Å². The molecule has 3 aromatic rings. The maximum Gasteiger partial charge on any atom is 0.291 e. The summed E-state index contributed by atoms with van der Waals surface area (Å²) in [6.45, 7) is 6.53. The Morgan fingerprint density at radius 1 is 1.12 bits per heavy atom. The Kier molecular flexibility index (Phi) is 6.14. The van der Waals surface area contributed by atoms with E-state index in [4.69, 9.17) is 9.52 Å². The molecule has 9 nitrogen and oxygen atoms in total. The standard InChI is InChI=1S/C24H27N7O2/c1-29-10-12-30(13-11-29)14-15-31-17-20(23(28-31)19-4-2-3-8-26-19)27-24(32)22-6-5-21(33-22)18-7-9-25-16-18/h2-8,16-17H,9-15H2,1H3,(H,27,32). The van der Waals surface area contributed by atoms with Crippen LogP contribution < -0.4 is 5.32 Å². The van der Waals surface area contributed by atoms with Gasteiger partial charge >= 0.3 is 0 Å². The van der Waals surface area contributed by atoms with E-state index >= 15 is 0 Å². The van der Waals surface area contributed by atoms with Crippen LogP contribution in [-0.2, 0) is 6.54 Å². The first-order valence-corrected chi connectivity index (χ1v) is 11.2. The average Bonchev–Trinajstić information content (AvgIpc) is 3.60. The van der Waals surface area contributed by atoms with Gasteiger partial charge in [-0.2, -0.15) is 5.10 Å². The fourth-order valence-electron chi connectivity index (χ4n) is 3.95. The van der Waals surface area contributed by atoms with Gasteiger partial charge in [-0.3, -0.25) is 24.4 Å². The molecule has 0 unspecified atom stereocenters. The summed E-state index contributed by atoms with van der Waals surface area (Å²) in [4.78, 5) is 26.3. The van der Waals surface area contributed by atoms with E-state index in [0.29, 0.717) is 29.4 Å². The highest BCUT2D eigenvalue weighted by Gasteiger charge is 2.20. The van der Waals surface area contributed by atoms with Gasteiger partial charge in [0.15, 0.2) is 5.76 Å². The minimum Gasteiger partial charge on any atom is -0.451 e. The lowest BCUT2D eigenvalue weighted by atomic mass is 10.2. The normalized spacial score (nSPS) is 16.8. The highest BCUT2D eigenvalue weighted by Crippen LogP contribution is 2.26. The third-order valence-corrected chi connectivity index (χ3v) is 5.92. The van der Waals surface area contributed by atoms with Crippen LogP contribution in [0.15, 0.2) is 58.2 Å². The van der Waals surface area contributed by atoms with Gasteiger partial charge in [0.05, 0.1) is 24.5 Å². The van der Waals surface area contributed by atoms with Crippen molar-refractivity contribution in [3.05, 3.63) is 60.3 Å². The average molecular weight is 446 g/mol. The number of allylic oxidation sites excluding steroid dienone is 1. The molecular formula is C24H27N7O2. The van der Waals surface area contributed by atoms with Gasteiger partial charge in [-0.15, -0.1) is 0 Å². The van der Waals surface area contributed by atoms with E-state index in [0.717, 1.165) is 44.8 Å². The third kappa shape index (κ3) is 4.94. The second-order valence-electron chi connectivity index (χ2n) is 8.29. The number of nitrogens with one attached hydrogen (secondary N) is 1. The fraction of sp³-hybridized carbons (Fsp3) is 0.333. The van der Waals surface area contributed by atoms with Crippen molar-refractivity contribution in [2.75, 3.05) is 51.6 Å². The lowest BCUT2D eigenvalue weighted by molar-refractivity contribution is 0.0996. The van der Waals surface area contributed by atoms with Crippen LogP contribution in [-0.4, -0.2) is 83.0 Å². The summed E-state index contributed by atoms with van der Waals surface area (Å²) in [6, 6.07) is 9.12. The van der Waals surface area contributed by atoms with E-state index in [-0.39, 0.29) is 11.7 Å². The second-order valence-corrected chi connectivity index (χ2v) is 8.29. The lowest BCUT2D eigenvalue weighted by Crippen LogP contribution is -2.45. The molecule has 0 aliphatic carbocycles. The summed E-state index contributed by atoms with van der Waals surface area (Å²) in [7, 11) is 2.15.